The quantitative estimate of drug-likeness (QED) is 0.507. The summed E-state index contributed by atoms with van der Waals surface area (Å²) in [7, 11) is 0. The van der Waals surface area contributed by atoms with Crippen LogP contribution in [0.4, 0.5) is 0 Å². The Hall–Kier alpha value is -0.860. The Labute approximate surface area is 104 Å². The molecule has 1 aliphatic rings. The molecule has 0 spiro atoms. The molecule has 2 atom stereocenters. The molecular formula is C14H24O3. The fourth-order valence-electron chi connectivity index (χ4n) is 2.79. The van der Waals surface area contributed by atoms with Gasteiger partial charge in [-0.25, -0.2) is 0 Å². The third-order valence-corrected chi connectivity index (χ3v) is 3.52. The summed E-state index contributed by atoms with van der Waals surface area (Å²) in [4.78, 5) is 23.3. The number of carbonyl (C=O) groups excluding carboxylic acids is 2. The van der Waals surface area contributed by atoms with Gasteiger partial charge in [-0.2, -0.15) is 0 Å². The van der Waals surface area contributed by atoms with Crippen LogP contribution in [0, 0.1) is 5.41 Å². The van der Waals surface area contributed by atoms with E-state index in [1.54, 1.807) is 6.92 Å². The summed E-state index contributed by atoms with van der Waals surface area (Å²) in [6.45, 7) is 5.63. The van der Waals surface area contributed by atoms with Crippen molar-refractivity contribution in [2.24, 2.45) is 5.41 Å². The third kappa shape index (κ3) is 3.83. The number of esters is 1. The van der Waals surface area contributed by atoms with Crippen molar-refractivity contribution < 1.29 is 14.3 Å². The summed E-state index contributed by atoms with van der Waals surface area (Å²) in [6.07, 6.45) is 6.35. The van der Waals surface area contributed by atoms with Crippen LogP contribution < -0.4 is 0 Å². The standard InChI is InChI=1S/C14H24O3/c1-4-5-6-7-8-14(9-11(2)15)10-12(3)17-13(14)16/h12H,4-10H2,1-3H3. The number of Topliss-reactive ketones (excluding diaryl/α,β-unsaturated/α-hetero) is 1. The van der Waals surface area contributed by atoms with E-state index in [2.05, 4.69) is 6.92 Å². The number of hydrogen-bond donors (Lipinski definition) is 0. The average Bonchev–Trinajstić information content (AvgIpc) is 2.48. The molecule has 0 aromatic carbocycles. The smallest absolute Gasteiger partial charge is 0.312 e. The van der Waals surface area contributed by atoms with Gasteiger partial charge >= 0.3 is 5.97 Å². The van der Waals surface area contributed by atoms with E-state index in [-0.39, 0.29) is 17.9 Å². The molecule has 17 heavy (non-hydrogen) atoms. The van der Waals surface area contributed by atoms with Gasteiger partial charge < -0.3 is 4.74 Å². The minimum absolute atomic E-state index is 0.0342. The molecule has 0 bridgehead atoms. The van der Waals surface area contributed by atoms with Gasteiger partial charge in [0.05, 0.1) is 5.41 Å². The Morgan fingerprint density at radius 2 is 2.12 bits per heavy atom. The monoisotopic (exact) mass is 240 g/mol. The van der Waals surface area contributed by atoms with Crippen LogP contribution in [0.3, 0.4) is 0 Å². The summed E-state index contributed by atoms with van der Waals surface area (Å²) in [5.74, 6) is -0.0664. The van der Waals surface area contributed by atoms with Crippen molar-refractivity contribution in [2.75, 3.05) is 0 Å². The molecule has 1 saturated heterocycles. The second-order valence-corrected chi connectivity index (χ2v) is 5.39. The second-order valence-electron chi connectivity index (χ2n) is 5.39. The van der Waals surface area contributed by atoms with Crippen LogP contribution in [0.1, 0.15) is 65.7 Å². The van der Waals surface area contributed by atoms with Gasteiger partial charge in [0, 0.05) is 12.8 Å². The highest BCUT2D eigenvalue weighted by atomic mass is 16.6. The van der Waals surface area contributed by atoms with Gasteiger partial charge in [0.25, 0.3) is 0 Å². The van der Waals surface area contributed by atoms with Crippen molar-refractivity contribution >= 4 is 11.8 Å². The third-order valence-electron chi connectivity index (χ3n) is 3.52. The highest BCUT2D eigenvalue weighted by molar-refractivity contribution is 5.87. The predicted molar refractivity (Wildman–Crippen MR) is 66.7 cm³/mol. The van der Waals surface area contributed by atoms with Crippen molar-refractivity contribution in [1.82, 2.24) is 0 Å². The molecule has 0 amide bonds. The maximum Gasteiger partial charge on any atom is 0.312 e. The molecular weight excluding hydrogens is 216 g/mol. The number of rotatable bonds is 7. The number of ketones is 1. The molecule has 0 aliphatic carbocycles. The fourth-order valence-corrected chi connectivity index (χ4v) is 2.79. The van der Waals surface area contributed by atoms with Gasteiger partial charge in [-0.3, -0.25) is 9.59 Å². The molecule has 3 heteroatoms. The van der Waals surface area contributed by atoms with E-state index in [4.69, 9.17) is 4.74 Å². The molecule has 0 aromatic heterocycles. The fraction of sp³-hybridized carbons (Fsp3) is 0.857. The zero-order valence-corrected chi connectivity index (χ0v) is 11.3. The topological polar surface area (TPSA) is 43.4 Å². The molecule has 3 nitrogen and oxygen atoms in total. The number of hydrogen-bond acceptors (Lipinski definition) is 3. The Kier molecular flexibility index (Phi) is 5.16. The number of unbranched alkanes of at least 4 members (excludes halogenated alkanes) is 3. The van der Waals surface area contributed by atoms with Crippen LogP contribution in [0.2, 0.25) is 0 Å². The maximum atomic E-state index is 11.9. The number of ether oxygens (including phenoxy) is 1. The van der Waals surface area contributed by atoms with Crippen molar-refractivity contribution in [1.29, 1.82) is 0 Å². The lowest BCUT2D eigenvalue weighted by Crippen LogP contribution is -2.29. The summed E-state index contributed by atoms with van der Waals surface area (Å²) in [5.41, 5.74) is -0.515. The van der Waals surface area contributed by atoms with Crippen molar-refractivity contribution in [3.8, 4) is 0 Å². The van der Waals surface area contributed by atoms with Crippen molar-refractivity contribution in [2.45, 2.75) is 71.8 Å². The van der Waals surface area contributed by atoms with Crippen LogP contribution in [-0.2, 0) is 14.3 Å². The van der Waals surface area contributed by atoms with Crippen LogP contribution in [0.5, 0.6) is 0 Å². The Morgan fingerprint density at radius 3 is 2.59 bits per heavy atom. The van der Waals surface area contributed by atoms with E-state index in [1.807, 2.05) is 6.92 Å². The average molecular weight is 240 g/mol. The molecule has 0 aromatic rings. The first-order valence-corrected chi connectivity index (χ1v) is 6.70. The molecule has 2 unspecified atom stereocenters. The van der Waals surface area contributed by atoms with Crippen LogP contribution in [-0.4, -0.2) is 17.9 Å². The zero-order valence-electron chi connectivity index (χ0n) is 11.3. The van der Waals surface area contributed by atoms with Gasteiger partial charge in [-0.15, -0.1) is 0 Å². The molecule has 0 saturated carbocycles. The van der Waals surface area contributed by atoms with E-state index in [0.29, 0.717) is 12.8 Å². The van der Waals surface area contributed by atoms with E-state index in [1.165, 1.54) is 12.8 Å². The lowest BCUT2D eigenvalue weighted by molar-refractivity contribution is -0.150. The first-order chi connectivity index (χ1) is 8.00. The molecule has 1 fully saturated rings. The molecule has 1 rings (SSSR count). The maximum absolute atomic E-state index is 11.9. The lowest BCUT2D eigenvalue weighted by atomic mass is 9.76. The molecule has 0 radical (unpaired) electrons. The Morgan fingerprint density at radius 1 is 1.41 bits per heavy atom. The Bertz CT molecular complexity index is 285. The van der Waals surface area contributed by atoms with Crippen LogP contribution in [0.15, 0.2) is 0 Å². The van der Waals surface area contributed by atoms with E-state index in [0.717, 1.165) is 19.3 Å². The van der Waals surface area contributed by atoms with Gasteiger partial charge in [-0.05, 0) is 20.3 Å². The highest BCUT2D eigenvalue weighted by Crippen LogP contribution is 2.42. The first-order valence-electron chi connectivity index (χ1n) is 6.70. The first kappa shape index (κ1) is 14.2. The normalized spacial score (nSPS) is 28.2. The molecule has 98 valence electrons. The molecule has 0 N–H and O–H groups in total. The molecule has 1 heterocycles. The van der Waals surface area contributed by atoms with Gasteiger partial charge in [0.2, 0.25) is 0 Å². The largest absolute Gasteiger partial charge is 0.462 e. The van der Waals surface area contributed by atoms with Crippen LogP contribution in [0.25, 0.3) is 0 Å². The van der Waals surface area contributed by atoms with Crippen molar-refractivity contribution in [3.63, 3.8) is 0 Å². The zero-order chi connectivity index (χ0) is 12.9. The molecule has 1 aliphatic heterocycles. The number of cyclic esters (lactones) is 1. The van der Waals surface area contributed by atoms with Crippen molar-refractivity contribution in [3.05, 3.63) is 0 Å². The highest BCUT2D eigenvalue weighted by Gasteiger charge is 2.47. The predicted octanol–water partition coefficient (Wildman–Crippen LogP) is 3.26. The van der Waals surface area contributed by atoms with E-state index >= 15 is 0 Å². The summed E-state index contributed by atoms with van der Waals surface area (Å²) in [6, 6.07) is 0. The summed E-state index contributed by atoms with van der Waals surface area (Å²) in [5, 5.41) is 0. The Balaban J connectivity index is 2.60. The van der Waals surface area contributed by atoms with E-state index < -0.39 is 5.41 Å². The van der Waals surface area contributed by atoms with Crippen LogP contribution >= 0.6 is 0 Å². The van der Waals surface area contributed by atoms with Gasteiger partial charge in [-0.1, -0.05) is 32.6 Å². The summed E-state index contributed by atoms with van der Waals surface area (Å²) < 4.78 is 5.24. The minimum Gasteiger partial charge on any atom is -0.462 e. The summed E-state index contributed by atoms with van der Waals surface area (Å²) >= 11 is 0. The minimum atomic E-state index is -0.515. The lowest BCUT2D eigenvalue weighted by Gasteiger charge is -2.23. The van der Waals surface area contributed by atoms with Gasteiger partial charge in [0.1, 0.15) is 11.9 Å². The van der Waals surface area contributed by atoms with E-state index in [9.17, 15) is 9.59 Å². The second kappa shape index (κ2) is 6.18. The number of carbonyl (C=O) groups is 2. The SMILES string of the molecule is CCCCCCC1(CC(C)=O)CC(C)OC1=O. The van der Waals surface area contributed by atoms with Gasteiger partial charge in [0.15, 0.2) is 0 Å².